The Hall–Kier alpha value is -1.66. The van der Waals surface area contributed by atoms with E-state index >= 15 is 0 Å². The van der Waals surface area contributed by atoms with Crippen molar-refractivity contribution < 1.29 is 14.3 Å². The summed E-state index contributed by atoms with van der Waals surface area (Å²) in [4.78, 5) is 16.1. The molecule has 118 valence electrons. The summed E-state index contributed by atoms with van der Waals surface area (Å²) in [5.41, 5.74) is 1.71. The molecule has 6 heteroatoms. The summed E-state index contributed by atoms with van der Waals surface area (Å²) in [6, 6.07) is 3.82. The molecule has 1 amide bonds. The number of amides is 1. The van der Waals surface area contributed by atoms with Crippen molar-refractivity contribution in [3.8, 4) is 5.75 Å². The zero-order chi connectivity index (χ0) is 15.7. The molecule has 0 bridgehead atoms. The van der Waals surface area contributed by atoms with Gasteiger partial charge in [-0.15, -0.1) is 0 Å². The highest BCUT2D eigenvalue weighted by molar-refractivity contribution is 5.77. The molecular weight excluding hydrogens is 270 g/mol. The number of methoxy groups -OCH3 is 1. The summed E-state index contributed by atoms with van der Waals surface area (Å²) in [5.74, 6) is 0.494. The molecule has 1 aromatic rings. The zero-order valence-corrected chi connectivity index (χ0v) is 13.2. The first-order valence-corrected chi connectivity index (χ1v) is 7.11. The van der Waals surface area contributed by atoms with E-state index in [0.29, 0.717) is 18.9 Å². The van der Waals surface area contributed by atoms with Crippen molar-refractivity contribution in [3.05, 3.63) is 23.5 Å². The molecule has 0 saturated carbocycles. The van der Waals surface area contributed by atoms with Gasteiger partial charge in [-0.2, -0.15) is 0 Å². The molecule has 0 aromatic carbocycles. The molecule has 0 aliphatic carbocycles. The maximum Gasteiger partial charge on any atom is 0.258 e. The number of hydrogen-bond acceptors (Lipinski definition) is 5. The molecule has 21 heavy (non-hydrogen) atoms. The van der Waals surface area contributed by atoms with Crippen LogP contribution in [-0.2, 0) is 16.1 Å². The molecule has 0 saturated heterocycles. The molecule has 1 aromatic heterocycles. The number of rotatable bonds is 9. The van der Waals surface area contributed by atoms with Crippen molar-refractivity contribution in [2.75, 3.05) is 26.9 Å². The third-order valence-electron chi connectivity index (χ3n) is 2.66. The van der Waals surface area contributed by atoms with E-state index in [1.165, 1.54) is 0 Å². The third-order valence-corrected chi connectivity index (χ3v) is 2.66. The van der Waals surface area contributed by atoms with E-state index in [1.54, 1.807) is 7.11 Å². The summed E-state index contributed by atoms with van der Waals surface area (Å²) < 4.78 is 10.5. The molecule has 0 unspecified atom stereocenters. The van der Waals surface area contributed by atoms with Crippen LogP contribution in [0.2, 0.25) is 0 Å². The van der Waals surface area contributed by atoms with Crippen molar-refractivity contribution in [1.82, 2.24) is 15.6 Å². The van der Waals surface area contributed by atoms with E-state index in [1.807, 2.05) is 32.9 Å². The predicted molar refractivity (Wildman–Crippen MR) is 81.3 cm³/mol. The molecule has 6 nitrogen and oxygen atoms in total. The van der Waals surface area contributed by atoms with Gasteiger partial charge in [0.1, 0.15) is 5.75 Å². The summed E-state index contributed by atoms with van der Waals surface area (Å²) in [6.45, 7) is 7.69. The van der Waals surface area contributed by atoms with Crippen LogP contribution in [0.1, 0.15) is 25.2 Å². The number of carbonyl (C=O) groups excluding carboxylic acids is 1. The van der Waals surface area contributed by atoms with Crippen LogP contribution >= 0.6 is 0 Å². The van der Waals surface area contributed by atoms with Gasteiger partial charge in [0.25, 0.3) is 5.91 Å². The van der Waals surface area contributed by atoms with Gasteiger partial charge in [0.05, 0.1) is 12.3 Å². The maximum absolute atomic E-state index is 11.6. The van der Waals surface area contributed by atoms with Crippen molar-refractivity contribution in [2.24, 2.45) is 0 Å². The van der Waals surface area contributed by atoms with Gasteiger partial charge < -0.3 is 20.1 Å². The molecule has 0 spiro atoms. The molecule has 0 aliphatic heterocycles. The average Bonchev–Trinajstić information content (AvgIpc) is 2.42. The van der Waals surface area contributed by atoms with E-state index in [4.69, 9.17) is 9.47 Å². The fourth-order valence-electron chi connectivity index (χ4n) is 1.74. The highest BCUT2D eigenvalue weighted by Crippen LogP contribution is 2.16. The van der Waals surface area contributed by atoms with Gasteiger partial charge in [0.15, 0.2) is 6.61 Å². The van der Waals surface area contributed by atoms with Crippen molar-refractivity contribution >= 4 is 5.91 Å². The van der Waals surface area contributed by atoms with E-state index < -0.39 is 0 Å². The van der Waals surface area contributed by atoms with Crippen molar-refractivity contribution in [3.63, 3.8) is 0 Å². The van der Waals surface area contributed by atoms with Gasteiger partial charge in [0.2, 0.25) is 0 Å². The second-order valence-electron chi connectivity index (χ2n) is 5.08. The fraction of sp³-hybridized carbons (Fsp3) is 0.600. The van der Waals surface area contributed by atoms with Crippen molar-refractivity contribution in [2.45, 2.75) is 33.4 Å². The summed E-state index contributed by atoms with van der Waals surface area (Å²) in [7, 11) is 1.66. The van der Waals surface area contributed by atoms with Gasteiger partial charge in [-0.3, -0.25) is 9.78 Å². The molecule has 0 aliphatic rings. The van der Waals surface area contributed by atoms with E-state index in [0.717, 1.165) is 17.9 Å². The van der Waals surface area contributed by atoms with E-state index in [-0.39, 0.29) is 18.6 Å². The number of carbonyl (C=O) groups is 1. The van der Waals surface area contributed by atoms with Crippen LogP contribution in [0.4, 0.5) is 0 Å². The molecule has 0 radical (unpaired) electrons. The standard InChI is InChI=1S/C15H25N3O3/c1-11(2)17-15(19)10-21-14-6-5-12(3)18-13(14)9-16-7-8-20-4/h5-6,11,16H,7-10H2,1-4H3,(H,17,19). The van der Waals surface area contributed by atoms with E-state index in [2.05, 4.69) is 15.6 Å². The number of nitrogens with zero attached hydrogens (tertiary/aromatic N) is 1. The molecule has 1 heterocycles. The Morgan fingerprint density at radius 1 is 1.38 bits per heavy atom. The number of ether oxygens (including phenoxy) is 2. The number of nitrogens with one attached hydrogen (secondary N) is 2. The Morgan fingerprint density at radius 3 is 2.81 bits per heavy atom. The van der Waals surface area contributed by atoms with Gasteiger partial charge in [0, 0.05) is 31.9 Å². The van der Waals surface area contributed by atoms with Gasteiger partial charge in [-0.25, -0.2) is 0 Å². The first-order valence-electron chi connectivity index (χ1n) is 7.11. The van der Waals surface area contributed by atoms with Gasteiger partial charge in [-0.1, -0.05) is 0 Å². The lowest BCUT2D eigenvalue weighted by Gasteiger charge is -2.13. The zero-order valence-electron chi connectivity index (χ0n) is 13.2. The highest BCUT2D eigenvalue weighted by Gasteiger charge is 2.09. The average molecular weight is 295 g/mol. The minimum Gasteiger partial charge on any atom is -0.482 e. The molecule has 0 atom stereocenters. The van der Waals surface area contributed by atoms with Gasteiger partial charge >= 0.3 is 0 Å². The normalized spacial score (nSPS) is 10.7. The first kappa shape index (κ1) is 17.4. The molecular formula is C15H25N3O3. The second-order valence-corrected chi connectivity index (χ2v) is 5.08. The summed E-state index contributed by atoms with van der Waals surface area (Å²) in [6.07, 6.45) is 0. The maximum atomic E-state index is 11.6. The van der Waals surface area contributed by atoms with Crippen LogP contribution in [0.15, 0.2) is 12.1 Å². The summed E-state index contributed by atoms with van der Waals surface area (Å²) >= 11 is 0. The Morgan fingerprint density at radius 2 is 2.14 bits per heavy atom. The smallest absolute Gasteiger partial charge is 0.258 e. The Kier molecular flexibility index (Phi) is 7.71. The van der Waals surface area contributed by atoms with Gasteiger partial charge in [-0.05, 0) is 32.9 Å². The number of hydrogen-bond donors (Lipinski definition) is 2. The second kappa shape index (κ2) is 9.31. The van der Waals surface area contributed by atoms with Crippen LogP contribution in [0, 0.1) is 6.92 Å². The number of pyridine rings is 1. The summed E-state index contributed by atoms with van der Waals surface area (Å²) in [5, 5.41) is 6.01. The lowest BCUT2D eigenvalue weighted by Crippen LogP contribution is -2.34. The van der Waals surface area contributed by atoms with Crippen LogP contribution in [0.5, 0.6) is 5.75 Å². The quantitative estimate of drug-likeness (QED) is 0.666. The minimum absolute atomic E-state index is 0.00596. The largest absolute Gasteiger partial charge is 0.482 e. The minimum atomic E-state index is -0.135. The van der Waals surface area contributed by atoms with E-state index in [9.17, 15) is 4.79 Å². The SMILES string of the molecule is COCCNCc1nc(C)ccc1OCC(=O)NC(C)C. The molecule has 1 rings (SSSR count). The van der Waals surface area contributed by atoms with Crippen LogP contribution in [0.25, 0.3) is 0 Å². The highest BCUT2D eigenvalue weighted by atomic mass is 16.5. The predicted octanol–water partition coefficient (Wildman–Crippen LogP) is 1.03. The van der Waals surface area contributed by atoms with Crippen LogP contribution in [0.3, 0.4) is 0 Å². The molecule has 0 fully saturated rings. The van der Waals surface area contributed by atoms with Crippen LogP contribution < -0.4 is 15.4 Å². The number of aromatic nitrogens is 1. The Balaban J connectivity index is 2.57. The topological polar surface area (TPSA) is 72.5 Å². The lowest BCUT2D eigenvalue weighted by atomic mass is 10.3. The molecule has 2 N–H and O–H groups in total. The third kappa shape index (κ3) is 7.06. The van der Waals surface area contributed by atoms with Crippen LogP contribution in [-0.4, -0.2) is 43.8 Å². The number of aryl methyl sites for hydroxylation is 1. The van der Waals surface area contributed by atoms with Crippen molar-refractivity contribution in [1.29, 1.82) is 0 Å². The Bertz CT molecular complexity index is 450. The lowest BCUT2D eigenvalue weighted by molar-refractivity contribution is -0.123. The first-order chi connectivity index (χ1) is 10.0. The monoisotopic (exact) mass is 295 g/mol. The fourth-order valence-corrected chi connectivity index (χ4v) is 1.74. The Labute approximate surface area is 126 Å².